The molecule has 1 fully saturated rings. The van der Waals surface area contributed by atoms with Crippen LogP contribution in [0.3, 0.4) is 0 Å². The molecule has 5 heteroatoms. The summed E-state index contributed by atoms with van der Waals surface area (Å²) in [5, 5.41) is 0.741. The fourth-order valence-corrected chi connectivity index (χ4v) is 3.69. The van der Waals surface area contributed by atoms with Crippen LogP contribution in [0.15, 0.2) is 29.2 Å². The normalized spacial score (nSPS) is 16.8. The Labute approximate surface area is 117 Å². The van der Waals surface area contributed by atoms with Crippen LogP contribution in [0.25, 0.3) is 0 Å². The van der Waals surface area contributed by atoms with E-state index in [1.54, 1.807) is 19.2 Å². The first kappa shape index (κ1) is 14.0. The summed E-state index contributed by atoms with van der Waals surface area (Å²) in [6, 6.07) is 7.06. The molecule has 1 aliphatic carbocycles. The van der Waals surface area contributed by atoms with E-state index in [2.05, 4.69) is 15.9 Å². The van der Waals surface area contributed by atoms with Gasteiger partial charge in [0.25, 0.3) is 0 Å². The number of alkyl halides is 1. The van der Waals surface area contributed by atoms with Crippen molar-refractivity contribution in [3.63, 3.8) is 0 Å². The Hall–Kier alpha value is -0.390. The summed E-state index contributed by atoms with van der Waals surface area (Å²) in [5.41, 5.74) is 1.08. The van der Waals surface area contributed by atoms with Gasteiger partial charge in [0.15, 0.2) is 0 Å². The van der Waals surface area contributed by atoms with Crippen LogP contribution in [0.2, 0.25) is 0 Å². The van der Waals surface area contributed by atoms with Crippen molar-refractivity contribution >= 4 is 26.0 Å². The van der Waals surface area contributed by atoms with Gasteiger partial charge < -0.3 is 0 Å². The zero-order chi connectivity index (χ0) is 13.2. The zero-order valence-corrected chi connectivity index (χ0v) is 12.9. The third-order valence-corrected chi connectivity index (χ3v) is 6.01. The summed E-state index contributed by atoms with van der Waals surface area (Å²) in [7, 11) is -1.64. The van der Waals surface area contributed by atoms with Crippen LogP contribution in [0.4, 0.5) is 0 Å². The molecular weight excluding hydrogens is 314 g/mol. The quantitative estimate of drug-likeness (QED) is 0.778. The molecule has 18 heavy (non-hydrogen) atoms. The molecule has 1 aromatic rings. The van der Waals surface area contributed by atoms with Crippen molar-refractivity contribution < 1.29 is 8.42 Å². The maximum Gasteiger partial charge on any atom is 0.242 e. The second kappa shape index (κ2) is 5.72. The lowest BCUT2D eigenvalue weighted by Gasteiger charge is -2.29. The smallest absolute Gasteiger partial charge is 0.207 e. The molecule has 0 aromatic heterocycles. The lowest BCUT2D eigenvalue weighted by molar-refractivity contribution is 0.263. The zero-order valence-electron chi connectivity index (χ0n) is 10.5. The molecular formula is C13H18BrNO2S. The molecule has 100 valence electrons. The summed E-state index contributed by atoms with van der Waals surface area (Å²) in [5.74, 6) is 0.548. The predicted octanol–water partition coefficient (Wildman–Crippen LogP) is 3.00. The molecule has 1 aromatic carbocycles. The Morgan fingerprint density at radius 1 is 1.28 bits per heavy atom. The maximum absolute atomic E-state index is 12.3. The molecule has 0 atom stereocenters. The molecule has 0 saturated heterocycles. The summed E-state index contributed by atoms with van der Waals surface area (Å²) < 4.78 is 26.1. The first-order chi connectivity index (χ1) is 8.54. The Kier molecular flexibility index (Phi) is 4.45. The highest BCUT2D eigenvalue weighted by Gasteiger charge is 2.26. The summed E-state index contributed by atoms with van der Waals surface area (Å²) in [6.07, 6.45) is 3.54. The lowest BCUT2D eigenvalue weighted by Crippen LogP contribution is -2.34. The van der Waals surface area contributed by atoms with Crippen LogP contribution >= 0.6 is 15.9 Å². The molecule has 0 heterocycles. The topological polar surface area (TPSA) is 37.4 Å². The molecule has 0 aliphatic heterocycles. The Morgan fingerprint density at radius 2 is 1.89 bits per heavy atom. The standard InChI is InChI=1S/C13H18BrNO2S/c1-15(10-12-3-2-4-12)18(16,17)13-7-5-11(9-14)6-8-13/h5-8,12H,2-4,9-10H2,1H3. The monoisotopic (exact) mass is 331 g/mol. The lowest BCUT2D eigenvalue weighted by atomic mass is 9.86. The summed E-state index contributed by atoms with van der Waals surface area (Å²) in [4.78, 5) is 0.383. The fourth-order valence-electron chi connectivity index (χ4n) is 2.07. The fraction of sp³-hybridized carbons (Fsp3) is 0.538. The molecule has 0 bridgehead atoms. The van der Waals surface area contributed by atoms with Gasteiger partial charge in [-0.3, -0.25) is 0 Å². The average Bonchev–Trinajstić information content (AvgIpc) is 2.33. The van der Waals surface area contributed by atoms with Gasteiger partial charge in [0.2, 0.25) is 10.0 Å². The van der Waals surface area contributed by atoms with Crippen LogP contribution in [0.1, 0.15) is 24.8 Å². The molecule has 2 rings (SSSR count). The van der Waals surface area contributed by atoms with Crippen molar-refractivity contribution in [2.24, 2.45) is 5.92 Å². The van der Waals surface area contributed by atoms with Crippen molar-refractivity contribution in [2.75, 3.05) is 13.6 Å². The Bertz CT molecular complexity index is 494. The number of nitrogens with zero attached hydrogens (tertiary/aromatic N) is 1. The van der Waals surface area contributed by atoms with E-state index in [4.69, 9.17) is 0 Å². The van der Waals surface area contributed by atoms with Crippen LogP contribution < -0.4 is 0 Å². The van der Waals surface area contributed by atoms with E-state index in [1.165, 1.54) is 10.7 Å². The number of halogens is 1. The molecule has 0 amide bonds. The van der Waals surface area contributed by atoms with Gasteiger partial charge in [-0.15, -0.1) is 0 Å². The van der Waals surface area contributed by atoms with E-state index in [9.17, 15) is 8.42 Å². The Balaban J connectivity index is 2.12. The number of hydrogen-bond acceptors (Lipinski definition) is 2. The minimum absolute atomic E-state index is 0.383. The molecule has 0 radical (unpaired) electrons. The van der Waals surface area contributed by atoms with Gasteiger partial charge in [-0.1, -0.05) is 34.5 Å². The number of benzene rings is 1. The first-order valence-corrected chi connectivity index (χ1v) is 8.71. The van der Waals surface area contributed by atoms with E-state index in [0.29, 0.717) is 17.4 Å². The minimum atomic E-state index is -3.32. The SMILES string of the molecule is CN(CC1CCC1)S(=O)(=O)c1ccc(CBr)cc1. The number of rotatable bonds is 5. The van der Waals surface area contributed by atoms with Gasteiger partial charge in [-0.25, -0.2) is 12.7 Å². The summed E-state index contributed by atoms with van der Waals surface area (Å²) >= 11 is 3.35. The van der Waals surface area contributed by atoms with E-state index in [0.717, 1.165) is 23.7 Å². The number of hydrogen-bond donors (Lipinski definition) is 0. The molecule has 0 spiro atoms. The van der Waals surface area contributed by atoms with Crippen molar-refractivity contribution in [1.82, 2.24) is 4.31 Å². The average molecular weight is 332 g/mol. The van der Waals surface area contributed by atoms with E-state index >= 15 is 0 Å². The van der Waals surface area contributed by atoms with E-state index in [1.807, 2.05) is 12.1 Å². The molecule has 1 aliphatic rings. The van der Waals surface area contributed by atoms with Gasteiger partial charge in [-0.2, -0.15) is 0 Å². The second-order valence-corrected chi connectivity index (χ2v) is 7.47. The second-order valence-electron chi connectivity index (χ2n) is 4.86. The van der Waals surface area contributed by atoms with Gasteiger partial charge in [0.05, 0.1) is 4.90 Å². The van der Waals surface area contributed by atoms with Crippen LogP contribution in [0, 0.1) is 5.92 Å². The summed E-state index contributed by atoms with van der Waals surface area (Å²) in [6.45, 7) is 0.641. The highest BCUT2D eigenvalue weighted by molar-refractivity contribution is 9.08. The maximum atomic E-state index is 12.3. The van der Waals surface area contributed by atoms with Crippen LogP contribution in [-0.2, 0) is 15.4 Å². The van der Waals surface area contributed by atoms with Crippen LogP contribution in [0.5, 0.6) is 0 Å². The van der Waals surface area contributed by atoms with Gasteiger partial charge in [0.1, 0.15) is 0 Å². The molecule has 1 saturated carbocycles. The molecule has 0 unspecified atom stereocenters. The first-order valence-electron chi connectivity index (χ1n) is 6.15. The van der Waals surface area contributed by atoms with Crippen molar-refractivity contribution in [1.29, 1.82) is 0 Å². The third kappa shape index (κ3) is 2.95. The highest BCUT2D eigenvalue weighted by Crippen LogP contribution is 2.28. The van der Waals surface area contributed by atoms with Crippen molar-refractivity contribution in [3.8, 4) is 0 Å². The number of sulfonamides is 1. The minimum Gasteiger partial charge on any atom is -0.207 e. The van der Waals surface area contributed by atoms with E-state index in [-0.39, 0.29) is 0 Å². The van der Waals surface area contributed by atoms with Gasteiger partial charge >= 0.3 is 0 Å². The van der Waals surface area contributed by atoms with Crippen molar-refractivity contribution in [2.45, 2.75) is 29.5 Å². The van der Waals surface area contributed by atoms with E-state index < -0.39 is 10.0 Å². The molecule has 3 nitrogen and oxygen atoms in total. The van der Waals surface area contributed by atoms with Crippen molar-refractivity contribution in [3.05, 3.63) is 29.8 Å². The highest BCUT2D eigenvalue weighted by atomic mass is 79.9. The van der Waals surface area contributed by atoms with Crippen LogP contribution in [-0.4, -0.2) is 26.3 Å². The van der Waals surface area contributed by atoms with Gasteiger partial charge in [0, 0.05) is 18.9 Å². The third-order valence-electron chi connectivity index (χ3n) is 3.53. The predicted molar refractivity (Wildman–Crippen MR) is 76.2 cm³/mol. The molecule has 0 N–H and O–H groups in total. The van der Waals surface area contributed by atoms with Gasteiger partial charge in [-0.05, 0) is 36.5 Å². The largest absolute Gasteiger partial charge is 0.242 e. The Morgan fingerprint density at radius 3 is 2.33 bits per heavy atom.